The van der Waals surface area contributed by atoms with Gasteiger partial charge in [0.2, 0.25) is 0 Å². The highest BCUT2D eigenvalue weighted by Gasteiger charge is 2.07. The second-order valence-corrected chi connectivity index (χ2v) is 4.97. The molecule has 14 heavy (non-hydrogen) atoms. The summed E-state index contributed by atoms with van der Waals surface area (Å²) >= 11 is 5.01. The van der Waals surface area contributed by atoms with E-state index < -0.39 is 0 Å². The summed E-state index contributed by atoms with van der Waals surface area (Å²) in [5.41, 5.74) is 0. The van der Waals surface area contributed by atoms with Crippen molar-refractivity contribution in [3.8, 4) is 5.06 Å². The van der Waals surface area contributed by atoms with Gasteiger partial charge in [-0.25, -0.2) is 0 Å². The molecule has 0 aromatic carbocycles. The van der Waals surface area contributed by atoms with Crippen molar-refractivity contribution in [1.29, 1.82) is 0 Å². The summed E-state index contributed by atoms with van der Waals surface area (Å²) in [7, 11) is 1.66. The molecule has 2 N–H and O–H groups in total. The molecule has 1 aromatic rings. The van der Waals surface area contributed by atoms with Crippen molar-refractivity contribution in [1.82, 2.24) is 5.32 Å². The minimum atomic E-state index is 0.127. The van der Waals surface area contributed by atoms with Gasteiger partial charge in [0.25, 0.3) is 0 Å². The van der Waals surface area contributed by atoms with Gasteiger partial charge in [-0.05, 0) is 28.9 Å². The number of aliphatic hydroxyl groups is 1. The van der Waals surface area contributed by atoms with Gasteiger partial charge >= 0.3 is 0 Å². The number of methoxy groups -OCH3 is 1. The number of halogens is 1. The Morgan fingerprint density at radius 3 is 2.93 bits per heavy atom. The average Bonchev–Trinajstić information content (AvgIpc) is 2.55. The summed E-state index contributed by atoms with van der Waals surface area (Å²) in [6.45, 7) is 2.86. The highest BCUT2D eigenvalue weighted by Crippen LogP contribution is 2.34. The van der Waals surface area contributed by atoms with Crippen molar-refractivity contribution in [2.75, 3.05) is 13.7 Å². The maximum atomic E-state index is 8.83. The van der Waals surface area contributed by atoms with Crippen LogP contribution in [0, 0.1) is 0 Å². The smallest absolute Gasteiger partial charge is 0.188 e. The SMILES string of the molecule is COc1sc(CN[C@H](C)CO)cc1Br. The van der Waals surface area contributed by atoms with Gasteiger partial charge < -0.3 is 15.2 Å². The predicted octanol–water partition coefficient (Wildman–Crippen LogP) is 1.99. The van der Waals surface area contributed by atoms with Crippen LogP contribution in [-0.2, 0) is 6.54 Å². The van der Waals surface area contributed by atoms with E-state index in [1.165, 1.54) is 4.88 Å². The van der Waals surface area contributed by atoms with Crippen molar-refractivity contribution in [3.05, 3.63) is 15.4 Å². The highest BCUT2D eigenvalue weighted by atomic mass is 79.9. The number of aliphatic hydroxyl groups excluding tert-OH is 1. The van der Waals surface area contributed by atoms with Crippen LogP contribution in [0.1, 0.15) is 11.8 Å². The van der Waals surface area contributed by atoms with E-state index in [0.717, 1.165) is 16.1 Å². The summed E-state index contributed by atoms with van der Waals surface area (Å²) in [5.74, 6) is 0. The monoisotopic (exact) mass is 279 g/mol. The van der Waals surface area contributed by atoms with E-state index >= 15 is 0 Å². The molecule has 3 nitrogen and oxygen atoms in total. The van der Waals surface area contributed by atoms with Gasteiger partial charge in [0.1, 0.15) is 0 Å². The second-order valence-electron chi connectivity index (χ2n) is 3.02. The molecular formula is C9H14BrNO2S. The first-order valence-corrected chi connectivity index (χ1v) is 5.94. The van der Waals surface area contributed by atoms with Crippen molar-refractivity contribution in [3.63, 3.8) is 0 Å². The topological polar surface area (TPSA) is 41.5 Å². The van der Waals surface area contributed by atoms with Crippen molar-refractivity contribution in [2.45, 2.75) is 19.5 Å². The Hall–Kier alpha value is -0.100. The molecule has 0 aliphatic heterocycles. The van der Waals surface area contributed by atoms with Crippen LogP contribution in [0.3, 0.4) is 0 Å². The molecule has 0 aliphatic carbocycles. The van der Waals surface area contributed by atoms with E-state index in [1.807, 2.05) is 13.0 Å². The number of hydrogen-bond donors (Lipinski definition) is 2. The number of ether oxygens (including phenoxy) is 1. The third-order valence-corrected chi connectivity index (χ3v) is 3.74. The first-order chi connectivity index (χ1) is 6.67. The fraction of sp³-hybridized carbons (Fsp3) is 0.556. The second kappa shape index (κ2) is 5.70. The molecule has 0 amide bonds. The van der Waals surface area contributed by atoms with Crippen molar-refractivity contribution < 1.29 is 9.84 Å². The lowest BCUT2D eigenvalue weighted by atomic mass is 10.3. The molecule has 1 atom stereocenters. The van der Waals surface area contributed by atoms with E-state index in [1.54, 1.807) is 18.4 Å². The minimum absolute atomic E-state index is 0.127. The lowest BCUT2D eigenvalue weighted by Crippen LogP contribution is -2.28. The molecule has 0 aliphatic rings. The molecule has 0 saturated heterocycles. The van der Waals surface area contributed by atoms with E-state index in [0.29, 0.717) is 0 Å². The largest absolute Gasteiger partial charge is 0.486 e. The minimum Gasteiger partial charge on any atom is -0.486 e. The summed E-state index contributed by atoms with van der Waals surface area (Å²) < 4.78 is 6.14. The van der Waals surface area contributed by atoms with E-state index in [2.05, 4.69) is 21.2 Å². The van der Waals surface area contributed by atoms with Crippen LogP contribution < -0.4 is 10.1 Å². The molecule has 80 valence electrons. The fourth-order valence-electron chi connectivity index (χ4n) is 0.963. The maximum absolute atomic E-state index is 8.83. The van der Waals surface area contributed by atoms with Crippen molar-refractivity contribution in [2.24, 2.45) is 0 Å². The first kappa shape index (κ1) is 12.0. The van der Waals surface area contributed by atoms with Gasteiger partial charge in [-0.2, -0.15) is 0 Å². The van der Waals surface area contributed by atoms with E-state index in [9.17, 15) is 0 Å². The van der Waals surface area contributed by atoms with Crippen LogP contribution in [0.5, 0.6) is 5.06 Å². The fourth-order valence-corrected chi connectivity index (χ4v) is 2.61. The zero-order valence-corrected chi connectivity index (χ0v) is 10.6. The van der Waals surface area contributed by atoms with Gasteiger partial charge in [0.05, 0.1) is 18.2 Å². The Labute approximate surface area is 96.2 Å². The lowest BCUT2D eigenvalue weighted by molar-refractivity contribution is 0.251. The lowest BCUT2D eigenvalue weighted by Gasteiger charge is -2.08. The first-order valence-electron chi connectivity index (χ1n) is 4.33. The van der Waals surface area contributed by atoms with E-state index in [-0.39, 0.29) is 12.6 Å². The number of nitrogens with one attached hydrogen (secondary N) is 1. The molecule has 0 spiro atoms. The normalized spacial score (nSPS) is 12.9. The predicted molar refractivity (Wildman–Crippen MR) is 62.0 cm³/mol. The summed E-state index contributed by atoms with van der Waals surface area (Å²) in [4.78, 5) is 1.19. The number of hydrogen-bond acceptors (Lipinski definition) is 4. The summed E-state index contributed by atoms with van der Waals surface area (Å²) in [6, 6.07) is 2.16. The number of rotatable bonds is 5. The molecule has 0 bridgehead atoms. The Kier molecular flexibility index (Phi) is 4.88. The zero-order valence-electron chi connectivity index (χ0n) is 8.21. The van der Waals surface area contributed by atoms with Crippen molar-refractivity contribution >= 4 is 27.3 Å². The quantitative estimate of drug-likeness (QED) is 0.866. The molecule has 0 saturated carbocycles. The average molecular weight is 280 g/mol. The summed E-state index contributed by atoms with van der Waals surface area (Å²) in [6.07, 6.45) is 0. The van der Waals surface area contributed by atoms with Crippen LogP contribution in [0.15, 0.2) is 10.5 Å². The summed E-state index contributed by atoms with van der Waals surface area (Å²) in [5, 5.41) is 12.9. The third kappa shape index (κ3) is 3.24. The van der Waals surface area contributed by atoms with Crippen LogP contribution in [0.4, 0.5) is 0 Å². The highest BCUT2D eigenvalue weighted by molar-refractivity contribution is 9.10. The molecule has 0 fully saturated rings. The Balaban J connectivity index is 2.51. The van der Waals surface area contributed by atoms with Gasteiger partial charge in [-0.3, -0.25) is 0 Å². The molecule has 0 unspecified atom stereocenters. The molecule has 5 heteroatoms. The Morgan fingerprint density at radius 1 is 1.71 bits per heavy atom. The van der Waals surface area contributed by atoms with E-state index in [4.69, 9.17) is 9.84 Å². The van der Waals surface area contributed by atoms with Gasteiger partial charge in [-0.15, -0.1) is 11.3 Å². The zero-order chi connectivity index (χ0) is 10.6. The van der Waals surface area contributed by atoms with Crippen LogP contribution in [0.25, 0.3) is 0 Å². The van der Waals surface area contributed by atoms with Crippen LogP contribution in [0.2, 0.25) is 0 Å². The van der Waals surface area contributed by atoms with Crippen LogP contribution >= 0.6 is 27.3 Å². The molecule has 0 radical (unpaired) electrons. The molecule has 1 rings (SSSR count). The Morgan fingerprint density at radius 2 is 2.43 bits per heavy atom. The van der Waals surface area contributed by atoms with Gasteiger partial charge in [0.15, 0.2) is 5.06 Å². The molecule has 1 heterocycles. The van der Waals surface area contributed by atoms with Gasteiger partial charge in [-0.1, -0.05) is 0 Å². The Bertz CT molecular complexity index is 290. The number of thiophene rings is 1. The third-order valence-electron chi connectivity index (χ3n) is 1.79. The molecular weight excluding hydrogens is 266 g/mol. The van der Waals surface area contributed by atoms with Crippen LogP contribution in [-0.4, -0.2) is 24.9 Å². The maximum Gasteiger partial charge on any atom is 0.188 e. The van der Waals surface area contributed by atoms with Gasteiger partial charge in [0, 0.05) is 17.5 Å². The standard InChI is InChI=1S/C9H14BrNO2S/c1-6(5-12)11-4-7-3-8(10)9(13-2)14-7/h3,6,11-12H,4-5H2,1-2H3/t6-/m1/s1. The molecule has 1 aromatic heterocycles.